The first-order valence-corrected chi connectivity index (χ1v) is 9.87. The highest BCUT2D eigenvalue weighted by molar-refractivity contribution is 4.82. The van der Waals surface area contributed by atoms with E-state index >= 15 is 0 Å². The Hall–Kier alpha value is -0.120. The first-order valence-electron chi connectivity index (χ1n) is 9.87. The third-order valence-corrected chi connectivity index (χ3v) is 5.88. The summed E-state index contributed by atoms with van der Waals surface area (Å²) in [5.74, 6) is 3.59. The minimum Gasteiger partial charge on any atom is -0.389 e. The smallest absolute Gasteiger partial charge is 0.0900 e. The van der Waals surface area contributed by atoms with Gasteiger partial charge in [0.15, 0.2) is 0 Å². The average molecular weight is 326 g/mol. The Balaban J connectivity index is 1.77. The normalized spacial score (nSPS) is 38.0. The zero-order valence-corrected chi connectivity index (χ0v) is 16.0. The maximum atomic E-state index is 10.4. The van der Waals surface area contributed by atoms with E-state index in [4.69, 9.17) is 4.74 Å². The Morgan fingerprint density at radius 1 is 1.00 bits per heavy atom. The topological polar surface area (TPSA) is 32.7 Å². The summed E-state index contributed by atoms with van der Waals surface area (Å²) in [6.45, 7) is 15.1. The number of ether oxygens (including phenoxy) is 1. The van der Waals surface area contributed by atoms with Gasteiger partial charge in [0.1, 0.15) is 0 Å². The molecule has 0 amide bonds. The lowest BCUT2D eigenvalue weighted by atomic mass is 9.75. The van der Waals surface area contributed by atoms with E-state index in [0.717, 1.165) is 43.8 Å². The van der Waals surface area contributed by atoms with Crippen LogP contribution in [0.15, 0.2) is 0 Å². The number of likely N-dealkylation sites (tertiary alicyclic amines) is 1. The van der Waals surface area contributed by atoms with Gasteiger partial charge in [-0.25, -0.2) is 0 Å². The molecule has 0 aromatic carbocycles. The molecule has 1 heterocycles. The first kappa shape index (κ1) is 19.2. The second-order valence-corrected chi connectivity index (χ2v) is 9.02. The van der Waals surface area contributed by atoms with Crippen molar-refractivity contribution in [1.29, 1.82) is 0 Å². The molecule has 2 rings (SSSR count). The van der Waals surface area contributed by atoms with Crippen molar-refractivity contribution in [3.05, 3.63) is 0 Å². The quantitative estimate of drug-likeness (QED) is 0.806. The SMILES string of the molecule is CC(C)[C@H]1CC[C@@H](C)C[C@H]1OC[C@H](O)CN1C[C@H](C)C[C@H](C)C1. The van der Waals surface area contributed by atoms with Gasteiger partial charge in [0.05, 0.1) is 18.8 Å². The Morgan fingerprint density at radius 2 is 1.65 bits per heavy atom. The highest BCUT2D eigenvalue weighted by atomic mass is 16.5. The van der Waals surface area contributed by atoms with Crippen LogP contribution in [0.5, 0.6) is 0 Å². The number of nitrogens with zero attached hydrogens (tertiary/aromatic N) is 1. The van der Waals surface area contributed by atoms with E-state index in [1.807, 2.05) is 0 Å². The van der Waals surface area contributed by atoms with Crippen LogP contribution in [0.25, 0.3) is 0 Å². The molecular formula is C20H39NO2. The van der Waals surface area contributed by atoms with Crippen LogP contribution in [0.1, 0.15) is 60.3 Å². The molecule has 1 saturated carbocycles. The standard InChI is InChI=1S/C20H39NO2/c1-14(2)19-7-6-15(3)9-20(19)23-13-18(22)12-21-10-16(4)8-17(5)11-21/h14-20,22H,6-13H2,1-5H3/t15-,16-,17+,18-,19-,20-/m1/s1. The second kappa shape index (κ2) is 8.82. The molecule has 1 N–H and O–H groups in total. The van der Waals surface area contributed by atoms with Gasteiger partial charge in [0.2, 0.25) is 0 Å². The van der Waals surface area contributed by atoms with Gasteiger partial charge in [0, 0.05) is 19.6 Å². The zero-order valence-electron chi connectivity index (χ0n) is 16.0. The first-order chi connectivity index (χ1) is 10.8. The van der Waals surface area contributed by atoms with Gasteiger partial charge in [-0.2, -0.15) is 0 Å². The summed E-state index contributed by atoms with van der Waals surface area (Å²) in [6.07, 6.45) is 5.08. The summed E-state index contributed by atoms with van der Waals surface area (Å²) in [4.78, 5) is 2.43. The molecule has 23 heavy (non-hydrogen) atoms. The highest BCUT2D eigenvalue weighted by Gasteiger charge is 2.32. The average Bonchev–Trinajstić information content (AvgIpc) is 2.43. The van der Waals surface area contributed by atoms with Crippen molar-refractivity contribution >= 4 is 0 Å². The fourth-order valence-corrected chi connectivity index (χ4v) is 4.83. The monoisotopic (exact) mass is 325 g/mol. The Labute approximate surface area is 143 Å². The van der Waals surface area contributed by atoms with E-state index in [1.165, 1.54) is 19.3 Å². The van der Waals surface area contributed by atoms with Gasteiger partial charge in [-0.3, -0.25) is 0 Å². The molecule has 2 fully saturated rings. The summed E-state index contributed by atoms with van der Waals surface area (Å²) < 4.78 is 6.21. The number of β-amino-alcohol motifs (C(OH)–C–C–N with tert-alkyl or cyclic N) is 1. The van der Waals surface area contributed by atoms with Crippen LogP contribution in [0, 0.1) is 29.6 Å². The maximum Gasteiger partial charge on any atom is 0.0900 e. The van der Waals surface area contributed by atoms with Crippen molar-refractivity contribution < 1.29 is 9.84 Å². The molecule has 0 unspecified atom stereocenters. The number of aliphatic hydroxyl groups excluding tert-OH is 1. The number of hydrogen-bond acceptors (Lipinski definition) is 3. The molecule has 3 heteroatoms. The summed E-state index contributed by atoms with van der Waals surface area (Å²) in [5.41, 5.74) is 0. The van der Waals surface area contributed by atoms with Crippen LogP contribution in [0.2, 0.25) is 0 Å². The molecule has 136 valence electrons. The van der Waals surface area contributed by atoms with Crippen LogP contribution >= 0.6 is 0 Å². The summed E-state index contributed by atoms with van der Waals surface area (Å²) in [6, 6.07) is 0. The van der Waals surface area contributed by atoms with E-state index in [9.17, 15) is 5.11 Å². The van der Waals surface area contributed by atoms with Crippen LogP contribution < -0.4 is 0 Å². The lowest BCUT2D eigenvalue weighted by molar-refractivity contribution is -0.0761. The van der Waals surface area contributed by atoms with E-state index in [0.29, 0.717) is 24.5 Å². The lowest BCUT2D eigenvalue weighted by Crippen LogP contribution is -2.44. The highest BCUT2D eigenvalue weighted by Crippen LogP contribution is 2.35. The number of piperidine rings is 1. The summed E-state index contributed by atoms with van der Waals surface area (Å²) in [7, 11) is 0. The van der Waals surface area contributed by atoms with Gasteiger partial charge >= 0.3 is 0 Å². The molecule has 3 nitrogen and oxygen atoms in total. The Morgan fingerprint density at radius 3 is 2.26 bits per heavy atom. The summed E-state index contributed by atoms with van der Waals surface area (Å²) >= 11 is 0. The lowest BCUT2D eigenvalue weighted by Gasteiger charge is -2.38. The Kier molecular flexibility index (Phi) is 7.37. The minimum atomic E-state index is -0.349. The molecule has 2 aliphatic rings. The van der Waals surface area contributed by atoms with Crippen LogP contribution in [-0.2, 0) is 4.74 Å². The predicted octanol–water partition coefficient (Wildman–Crippen LogP) is 3.80. The molecule has 1 saturated heterocycles. The molecule has 0 spiro atoms. The van der Waals surface area contributed by atoms with Gasteiger partial charge in [-0.05, 0) is 48.9 Å². The van der Waals surface area contributed by atoms with E-state index in [1.54, 1.807) is 0 Å². The minimum absolute atomic E-state index is 0.340. The maximum absolute atomic E-state index is 10.4. The number of hydrogen-bond donors (Lipinski definition) is 1. The van der Waals surface area contributed by atoms with Crippen LogP contribution in [-0.4, -0.2) is 48.5 Å². The third kappa shape index (κ3) is 6.03. The van der Waals surface area contributed by atoms with Gasteiger partial charge in [0.25, 0.3) is 0 Å². The van der Waals surface area contributed by atoms with Crippen molar-refractivity contribution in [3.8, 4) is 0 Å². The number of aliphatic hydroxyl groups is 1. The van der Waals surface area contributed by atoms with Crippen molar-refractivity contribution in [2.24, 2.45) is 29.6 Å². The van der Waals surface area contributed by atoms with Gasteiger partial charge in [-0.15, -0.1) is 0 Å². The van der Waals surface area contributed by atoms with E-state index < -0.39 is 0 Å². The van der Waals surface area contributed by atoms with Crippen molar-refractivity contribution in [2.45, 2.75) is 72.5 Å². The molecular weight excluding hydrogens is 286 g/mol. The van der Waals surface area contributed by atoms with Crippen LogP contribution in [0.3, 0.4) is 0 Å². The molecule has 1 aliphatic carbocycles. The molecule has 0 bridgehead atoms. The fraction of sp³-hybridized carbons (Fsp3) is 1.00. The van der Waals surface area contributed by atoms with Gasteiger partial charge in [-0.1, -0.05) is 41.0 Å². The molecule has 6 atom stereocenters. The van der Waals surface area contributed by atoms with Crippen molar-refractivity contribution in [3.63, 3.8) is 0 Å². The predicted molar refractivity (Wildman–Crippen MR) is 96.5 cm³/mol. The third-order valence-electron chi connectivity index (χ3n) is 5.88. The molecule has 0 aromatic rings. The largest absolute Gasteiger partial charge is 0.389 e. The van der Waals surface area contributed by atoms with E-state index in [2.05, 4.69) is 39.5 Å². The molecule has 0 aromatic heterocycles. The zero-order chi connectivity index (χ0) is 17.0. The van der Waals surface area contributed by atoms with Crippen molar-refractivity contribution in [1.82, 2.24) is 4.90 Å². The second-order valence-electron chi connectivity index (χ2n) is 9.02. The van der Waals surface area contributed by atoms with Gasteiger partial charge < -0.3 is 14.7 Å². The number of rotatable bonds is 6. The molecule has 0 radical (unpaired) electrons. The fourth-order valence-electron chi connectivity index (χ4n) is 4.83. The molecule has 1 aliphatic heterocycles. The van der Waals surface area contributed by atoms with Crippen LogP contribution in [0.4, 0.5) is 0 Å². The van der Waals surface area contributed by atoms with E-state index in [-0.39, 0.29) is 6.10 Å². The Bertz CT molecular complexity index is 337. The van der Waals surface area contributed by atoms with Crippen molar-refractivity contribution in [2.75, 3.05) is 26.2 Å². The summed E-state index contributed by atoms with van der Waals surface area (Å²) in [5, 5.41) is 10.4.